The molecule has 0 aliphatic heterocycles. The maximum Gasteiger partial charge on any atom is 0 e. The second-order valence-electron chi connectivity index (χ2n) is 0. The van der Waals surface area contributed by atoms with Crippen LogP contribution in [0.5, 0.6) is 0 Å². The van der Waals surface area contributed by atoms with Crippen LogP contribution in [-0.2, 0) is 36.5 Å². The summed E-state index contributed by atoms with van der Waals surface area (Å²) in [6.07, 6.45) is 0. The van der Waals surface area contributed by atoms with Gasteiger partial charge in [-0.05, 0) is 0 Å². The summed E-state index contributed by atoms with van der Waals surface area (Å²) in [7, 11) is 0. The van der Waals surface area contributed by atoms with Gasteiger partial charge in [-0.1, -0.05) is 0 Å². The summed E-state index contributed by atoms with van der Waals surface area (Å²) in [6, 6.07) is 0. The van der Waals surface area contributed by atoms with Crippen LogP contribution in [-0.4, -0.2) is 0 Å². The molecule has 1 radical (unpaired) electrons. The van der Waals surface area contributed by atoms with Gasteiger partial charge in [0, 0.05) is 114 Å². The second-order valence-corrected chi connectivity index (χ2v) is 0. The van der Waals surface area contributed by atoms with E-state index in [0.717, 1.165) is 0 Å². The van der Waals surface area contributed by atoms with Gasteiger partial charge in [-0.2, -0.15) is 0 Å². The molecule has 0 atom stereocenters. The molecule has 0 aliphatic rings. The molecule has 0 bridgehead atoms. The molecule has 0 rings (SSSR count). The molecule has 0 fully saturated rings. The van der Waals surface area contributed by atoms with Gasteiger partial charge < -0.3 is 0 Å². The molecule has 0 saturated carbocycles. The first kappa shape index (κ1) is 25.2. The zero-order valence-electron chi connectivity index (χ0n) is 2.14. The number of hydrogen-bond acceptors (Lipinski definition) is 0. The van der Waals surface area contributed by atoms with Crippen LogP contribution >= 0.6 is 0 Å². The predicted molar refractivity (Wildman–Crippen MR) is 0 cm³/mol. The molecule has 0 saturated heterocycles. The first-order valence-electron chi connectivity index (χ1n) is 0. The van der Waals surface area contributed by atoms with Gasteiger partial charge in [-0.3, -0.25) is 0 Å². The van der Waals surface area contributed by atoms with Gasteiger partial charge in [0.1, 0.15) is 0 Å². The van der Waals surface area contributed by atoms with E-state index in [1.807, 2.05) is 0 Å². The van der Waals surface area contributed by atoms with Crippen molar-refractivity contribution in [3.05, 3.63) is 0 Å². The third kappa shape index (κ3) is 9.21. The molecule has 0 N–H and O–H groups in total. The SMILES string of the molecule is [Ce].[Fe].[La].[Zn]. The molecule has 0 heterocycles. The summed E-state index contributed by atoms with van der Waals surface area (Å²) in [4.78, 5) is 0. The fraction of sp³-hybridized carbons (Fsp3) is 0. The quantitative estimate of drug-likeness (QED) is 0.503. The largest absolute Gasteiger partial charge is 0 e. The number of hydrogen-bond donors (Lipinski definition) is 0. The topological polar surface area (TPSA) is 0 Å². The molecule has 0 aromatic carbocycles. The van der Waals surface area contributed by atoms with E-state index in [2.05, 4.69) is 0 Å². The number of rotatable bonds is 0. The standard InChI is InChI=1S/Ce.Fe.La.Zn. The van der Waals surface area contributed by atoms with Crippen LogP contribution in [0.1, 0.15) is 0 Å². The van der Waals surface area contributed by atoms with Crippen molar-refractivity contribution in [3.8, 4) is 0 Å². The smallest absolute Gasteiger partial charge is 0 e. The van der Waals surface area contributed by atoms with Crippen LogP contribution in [0.25, 0.3) is 0 Å². The van der Waals surface area contributed by atoms with Crippen LogP contribution in [0.4, 0.5) is 0 Å². The van der Waals surface area contributed by atoms with Gasteiger partial charge in [0.25, 0.3) is 0 Å². The van der Waals surface area contributed by atoms with Crippen molar-refractivity contribution in [1.29, 1.82) is 0 Å². The molecular weight excluding hydrogens is 400 g/mol. The molecular formula is CeFeLaZn. The minimum Gasteiger partial charge on any atom is 0 e. The Bertz CT molecular complexity index is 8.00. The molecule has 0 aliphatic carbocycles. The van der Waals surface area contributed by atoms with Gasteiger partial charge in [-0.25, -0.2) is 0 Å². The van der Waals surface area contributed by atoms with Crippen LogP contribution < -0.4 is 0 Å². The Morgan fingerprint density at radius 3 is 1.00 bits per heavy atom. The maximum atomic E-state index is 0. The molecule has 0 unspecified atom stereocenters. The molecule has 4 heavy (non-hydrogen) atoms. The van der Waals surface area contributed by atoms with Gasteiger partial charge in [-0.15, -0.1) is 0 Å². The Kier molecular flexibility index (Phi) is 100. The average Bonchev–Trinajstić information content (AvgIpc) is 0. The first-order chi connectivity index (χ1) is 0. The van der Waals surface area contributed by atoms with Crippen molar-refractivity contribution < 1.29 is 114 Å². The zero-order valence-corrected chi connectivity index (χ0v) is 13.0. The van der Waals surface area contributed by atoms with Crippen LogP contribution in [0.3, 0.4) is 0 Å². The Morgan fingerprint density at radius 2 is 1.00 bits per heavy atom. The van der Waals surface area contributed by atoms with Crippen molar-refractivity contribution in [2.45, 2.75) is 0 Å². The molecule has 0 amide bonds. The van der Waals surface area contributed by atoms with Gasteiger partial charge in [0.2, 0.25) is 0 Å². The molecule has 4 heteroatoms. The van der Waals surface area contributed by atoms with E-state index < -0.39 is 0 Å². The van der Waals surface area contributed by atoms with Crippen molar-refractivity contribution in [3.63, 3.8) is 0 Å². The summed E-state index contributed by atoms with van der Waals surface area (Å²) < 4.78 is 0. The Hall–Kier alpha value is 3.71. The van der Waals surface area contributed by atoms with Crippen LogP contribution in [0.15, 0.2) is 0 Å². The Balaban J connectivity index is 0. The van der Waals surface area contributed by atoms with E-state index in [0.29, 0.717) is 0 Å². The van der Waals surface area contributed by atoms with Crippen LogP contribution in [0.2, 0.25) is 0 Å². The molecule has 0 aromatic heterocycles. The van der Waals surface area contributed by atoms with E-state index >= 15 is 0 Å². The minimum absolute atomic E-state index is 0. The molecule has 0 aromatic rings. The third-order valence-corrected chi connectivity index (χ3v) is 0. The summed E-state index contributed by atoms with van der Waals surface area (Å²) in [5, 5.41) is 0. The zero-order chi connectivity index (χ0) is 0. The van der Waals surface area contributed by atoms with Crippen LogP contribution in [0, 0.1) is 77.3 Å². The van der Waals surface area contributed by atoms with E-state index in [1.54, 1.807) is 0 Å². The van der Waals surface area contributed by atoms with Crippen molar-refractivity contribution in [2.24, 2.45) is 0 Å². The third-order valence-electron chi connectivity index (χ3n) is 0. The van der Waals surface area contributed by atoms with E-state index in [1.165, 1.54) is 0 Å². The Labute approximate surface area is 111 Å². The fourth-order valence-electron chi connectivity index (χ4n) is 0. The summed E-state index contributed by atoms with van der Waals surface area (Å²) in [5.74, 6) is 0. The van der Waals surface area contributed by atoms with Crippen molar-refractivity contribution in [1.82, 2.24) is 0 Å². The molecule has 0 spiro atoms. The molecule has 0 nitrogen and oxygen atoms in total. The summed E-state index contributed by atoms with van der Waals surface area (Å²) in [5.41, 5.74) is 0. The fourth-order valence-corrected chi connectivity index (χ4v) is 0. The maximum absolute atomic E-state index is 0. The summed E-state index contributed by atoms with van der Waals surface area (Å²) in [6.45, 7) is 0. The second kappa shape index (κ2) is 15.9. The monoisotopic (exact) mass is 399 g/mol. The average molecular weight is 400 g/mol. The van der Waals surface area contributed by atoms with Crippen molar-refractivity contribution >= 4 is 0 Å². The predicted octanol–water partition coefficient (Wildman–Crippen LogP) is -0.00500. The van der Waals surface area contributed by atoms with E-state index in [4.69, 9.17) is 0 Å². The van der Waals surface area contributed by atoms with Gasteiger partial charge in [0.05, 0.1) is 0 Å². The van der Waals surface area contributed by atoms with E-state index in [9.17, 15) is 0 Å². The first-order valence-corrected chi connectivity index (χ1v) is 0. The minimum atomic E-state index is 0. The Morgan fingerprint density at radius 1 is 1.00 bits per heavy atom. The van der Waals surface area contributed by atoms with Gasteiger partial charge in [0.15, 0.2) is 0 Å². The summed E-state index contributed by atoms with van der Waals surface area (Å²) >= 11 is 0. The normalized spacial score (nSPS) is 0. The molecule has 17 valence electrons. The van der Waals surface area contributed by atoms with Crippen molar-refractivity contribution in [2.75, 3.05) is 0 Å². The van der Waals surface area contributed by atoms with E-state index in [-0.39, 0.29) is 114 Å². The van der Waals surface area contributed by atoms with Gasteiger partial charge >= 0.3 is 0 Å².